The van der Waals surface area contributed by atoms with Crippen LogP contribution in [-0.4, -0.2) is 47.9 Å². The van der Waals surface area contributed by atoms with Crippen molar-refractivity contribution in [1.82, 2.24) is 4.90 Å². The van der Waals surface area contributed by atoms with Crippen LogP contribution in [0.2, 0.25) is 23.2 Å². The van der Waals surface area contributed by atoms with Gasteiger partial charge in [-0.25, -0.2) is 4.79 Å². The van der Waals surface area contributed by atoms with Gasteiger partial charge < -0.3 is 19.5 Å². The molecule has 5 nitrogen and oxygen atoms in total. The molecule has 0 aromatic heterocycles. The third-order valence-corrected chi connectivity index (χ3v) is 9.20. The first-order chi connectivity index (χ1) is 12.0. The number of rotatable bonds is 4. The molecule has 1 aliphatic rings. The Morgan fingerprint density at radius 2 is 1.81 bits per heavy atom. The summed E-state index contributed by atoms with van der Waals surface area (Å²) in [6.07, 6.45) is 0.280. The van der Waals surface area contributed by atoms with Gasteiger partial charge in [-0.3, -0.25) is 0 Å². The molecule has 152 valence electrons. The van der Waals surface area contributed by atoms with Crippen LogP contribution in [0.15, 0.2) is 18.2 Å². The first kappa shape index (κ1) is 22.2. The van der Waals surface area contributed by atoms with Crippen LogP contribution < -0.4 is 0 Å². The monoisotopic (exact) mass is 413 g/mol. The van der Waals surface area contributed by atoms with Crippen molar-refractivity contribution in [3.05, 3.63) is 34.3 Å². The third kappa shape index (κ3) is 5.05. The molecule has 1 aromatic carbocycles. The summed E-state index contributed by atoms with van der Waals surface area (Å²) in [6.45, 7) is 13.8. The molecule has 0 saturated carbocycles. The first-order valence-electron chi connectivity index (χ1n) is 9.26. The van der Waals surface area contributed by atoms with Crippen molar-refractivity contribution >= 4 is 26.0 Å². The molecule has 1 aromatic rings. The Morgan fingerprint density at radius 1 is 1.26 bits per heavy atom. The zero-order valence-corrected chi connectivity index (χ0v) is 19.1. The SMILES string of the molecule is CC(C)(C)OC(=O)N1CC(O)(c2ccc(CC(C)(C)[Si](C)(C)O)cc2Cl)C1. The highest BCUT2D eigenvalue weighted by atomic mass is 35.5. The summed E-state index contributed by atoms with van der Waals surface area (Å²) in [6, 6.07) is 5.62. The van der Waals surface area contributed by atoms with Crippen molar-refractivity contribution in [2.75, 3.05) is 13.1 Å². The lowest BCUT2D eigenvalue weighted by atomic mass is 9.85. The van der Waals surface area contributed by atoms with E-state index >= 15 is 0 Å². The van der Waals surface area contributed by atoms with E-state index in [0.717, 1.165) is 5.56 Å². The van der Waals surface area contributed by atoms with E-state index in [0.29, 0.717) is 17.0 Å². The number of hydrogen-bond donors (Lipinski definition) is 2. The summed E-state index contributed by atoms with van der Waals surface area (Å²) in [7, 11) is -2.32. The van der Waals surface area contributed by atoms with Crippen LogP contribution in [0.1, 0.15) is 45.7 Å². The molecule has 0 spiro atoms. The smallest absolute Gasteiger partial charge is 0.410 e. The maximum Gasteiger partial charge on any atom is 0.410 e. The second-order valence-corrected chi connectivity index (χ2v) is 14.7. The predicted molar refractivity (Wildman–Crippen MR) is 111 cm³/mol. The lowest BCUT2D eigenvalue weighted by Crippen LogP contribution is -2.62. The molecule has 1 heterocycles. The molecule has 1 fully saturated rings. The molecule has 0 aliphatic carbocycles. The minimum Gasteiger partial charge on any atom is -0.444 e. The van der Waals surface area contributed by atoms with Crippen LogP contribution in [0.3, 0.4) is 0 Å². The number of aliphatic hydroxyl groups is 1. The highest BCUT2D eigenvalue weighted by molar-refractivity contribution is 6.72. The molecule has 1 aliphatic heterocycles. The van der Waals surface area contributed by atoms with E-state index in [-0.39, 0.29) is 18.1 Å². The normalized spacial score (nSPS) is 17.5. The van der Waals surface area contributed by atoms with E-state index in [1.807, 2.05) is 52.1 Å². The summed E-state index contributed by atoms with van der Waals surface area (Å²) in [4.78, 5) is 24.0. The largest absolute Gasteiger partial charge is 0.444 e. The molecule has 0 atom stereocenters. The molecule has 2 N–H and O–H groups in total. The number of likely N-dealkylation sites (tertiary alicyclic amines) is 1. The Balaban J connectivity index is 2.10. The van der Waals surface area contributed by atoms with Crippen molar-refractivity contribution < 1.29 is 19.4 Å². The van der Waals surface area contributed by atoms with Gasteiger partial charge in [0, 0.05) is 10.6 Å². The van der Waals surface area contributed by atoms with Crippen LogP contribution in [0.4, 0.5) is 4.79 Å². The summed E-state index contributed by atoms with van der Waals surface area (Å²) in [5, 5.41) is 11.1. The fourth-order valence-corrected chi connectivity index (χ4v) is 4.00. The molecule has 7 heteroatoms. The second kappa shape index (κ2) is 7.06. The maximum absolute atomic E-state index is 12.1. The van der Waals surface area contributed by atoms with E-state index in [4.69, 9.17) is 16.3 Å². The van der Waals surface area contributed by atoms with E-state index in [9.17, 15) is 14.7 Å². The molecule has 0 bridgehead atoms. The summed E-state index contributed by atoms with van der Waals surface area (Å²) < 4.78 is 5.33. The fourth-order valence-electron chi connectivity index (χ4n) is 2.98. The van der Waals surface area contributed by atoms with Crippen molar-refractivity contribution in [2.45, 2.75) is 70.4 Å². The van der Waals surface area contributed by atoms with Crippen molar-refractivity contribution in [3.63, 3.8) is 0 Å². The topological polar surface area (TPSA) is 70.0 Å². The molecule has 0 radical (unpaired) electrons. The quantitative estimate of drug-likeness (QED) is 0.722. The Bertz CT molecular complexity index is 716. The lowest BCUT2D eigenvalue weighted by Gasteiger charge is -2.47. The summed E-state index contributed by atoms with van der Waals surface area (Å²) >= 11 is 6.46. The van der Waals surface area contributed by atoms with Crippen LogP contribution >= 0.6 is 11.6 Å². The fraction of sp³-hybridized carbons (Fsp3) is 0.650. The Labute approximate surface area is 168 Å². The Kier molecular flexibility index (Phi) is 5.81. The maximum atomic E-state index is 12.1. The van der Waals surface area contributed by atoms with Gasteiger partial charge in [-0.05, 0) is 57.0 Å². The van der Waals surface area contributed by atoms with Crippen molar-refractivity contribution in [3.8, 4) is 0 Å². The zero-order valence-electron chi connectivity index (χ0n) is 17.4. The van der Waals surface area contributed by atoms with E-state index in [2.05, 4.69) is 13.8 Å². The lowest BCUT2D eigenvalue weighted by molar-refractivity contribution is -0.103. The van der Waals surface area contributed by atoms with Crippen LogP contribution in [0, 0.1) is 0 Å². The average Bonchev–Trinajstić information content (AvgIpc) is 2.40. The van der Waals surface area contributed by atoms with Gasteiger partial charge in [0.2, 0.25) is 0 Å². The van der Waals surface area contributed by atoms with Gasteiger partial charge in [-0.1, -0.05) is 37.6 Å². The van der Waals surface area contributed by atoms with Gasteiger partial charge >= 0.3 is 6.09 Å². The van der Waals surface area contributed by atoms with Crippen LogP contribution in [0.5, 0.6) is 0 Å². The van der Waals surface area contributed by atoms with E-state index in [1.54, 1.807) is 0 Å². The van der Waals surface area contributed by atoms with E-state index < -0.39 is 25.6 Å². The van der Waals surface area contributed by atoms with E-state index in [1.165, 1.54) is 4.90 Å². The minimum atomic E-state index is -2.32. The number of benzene rings is 1. The molecule has 0 unspecified atom stereocenters. The molecular formula is C20H32ClNO4Si. The highest BCUT2D eigenvalue weighted by Crippen LogP contribution is 2.41. The number of β-amino-alcohol motifs (C(OH)–C–C–N with tert-alkyl or cyclic N) is 1. The van der Waals surface area contributed by atoms with Gasteiger partial charge in [-0.2, -0.15) is 0 Å². The number of amides is 1. The zero-order chi connectivity index (χ0) is 20.8. The molecular weight excluding hydrogens is 382 g/mol. The Hall–Kier alpha value is -1.08. The number of nitrogens with zero attached hydrogens (tertiary/aromatic N) is 1. The highest BCUT2D eigenvalue weighted by Gasteiger charge is 2.47. The number of hydrogen-bond acceptors (Lipinski definition) is 4. The van der Waals surface area contributed by atoms with Crippen LogP contribution in [-0.2, 0) is 16.8 Å². The van der Waals surface area contributed by atoms with Crippen LogP contribution in [0.25, 0.3) is 0 Å². The molecule has 27 heavy (non-hydrogen) atoms. The van der Waals surface area contributed by atoms with Crippen molar-refractivity contribution in [2.24, 2.45) is 0 Å². The third-order valence-electron chi connectivity index (χ3n) is 5.39. The number of halogens is 1. The number of carbonyl (C=O) groups is 1. The molecule has 2 rings (SSSR count). The van der Waals surface area contributed by atoms with Gasteiger partial charge in [-0.15, -0.1) is 0 Å². The number of ether oxygens (including phenoxy) is 1. The van der Waals surface area contributed by atoms with Gasteiger partial charge in [0.1, 0.15) is 11.2 Å². The number of carbonyl (C=O) groups excluding carboxylic acids is 1. The van der Waals surface area contributed by atoms with Crippen molar-refractivity contribution in [1.29, 1.82) is 0 Å². The molecule has 1 amide bonds. The van der Waals surface area contributed by atoms with Gasteiger partial charge in [0.05, 0.1) is 13.1 Å². The second-order valence-electron chi connectivity index (χ2n) is 9.80. The van der Waals surface area contributed by atoms with Gasteiger partial charge in [0.25, 0.3) is 0 Å². The minimum absolute atomic E-state index is 0.156. The predicted octanol–water partition coefficient (Wildman–Crippen LogP) is 4.30. The Morgan fingerprint density at radius 3 is 2.26 bits per heavy atom. The van der Waals surface area contributed by atoms with Gasteiger partial charge in [0.15, 0.2) is 8.32 Å². The standard InChI is InChI=1S/C20H32ClNO4Si/c1-18(2,3)26-17(23)22-12-20(24,13-22)15-9-8-14(10-16(15)21)11-19(4,5)27(6,7)25/h8-10,24-25H,11-13H2,1-7H3. The molecule has 1 saturated heterocycles. The summed E-state index contributed by atoms with van der Waals surface area (Å²) in [5.74, 6) is 0. The summed E-state index contributed by atoms with van der Waals surface area (Å²) in [5.41, 5.74) is -0.0883. The average molecular weight is 414 g/mol. The first-order valence-corrected chi connectivity index (χ1v) is 12.6.